The lowest BCUT2D eigenvalue weighted by Crippen LogP contribution is -1.99. The number of nitrogens with one attached hydrogen (secondary N) is 1. The lowest BCUT2D eigenvalue weighted by Gasteiger charge is -2.09. The summed E-state index contributed by atoms with van der Waals surface area (Å²) in [5, 5.41) is 3.83. The summed E-state index contributed by atoms with van der Waals surface area (Å²) in [6.45, 7) is 0. The van der Waals surface area contributed by atoms with E-state index in [9.17, 15) is 0 Å². The number of para-hydroxylation sites is 1. The van der Waals surface area contributed by atoms with E-state index in [4.69, 9.17) is 4.74 Å². The molecule has 0 saturated carbocycles. The number of anilines is 1. The van der Waals surface area contributed by atoms with Crippen LogP contribution in [-0.4, -0.2) is 17.0 Å². The Kier molecular flexibility index (Phi) is 3.52. The van der Waals surface area contributed by atoms with Crippen LogP contribution in [-0.2, 0) is 0 Å². The Morgan fingerprint density at radius 2 is 1.75 bits per heavy atom. The van der Waals surface area contributed by atoms with E-state index in [1.807, 2.05) is 48.5 Å². The maximum Gasteiger partial charge on any atom is 0.231 e. The fourth-order valence-corrected chi connectivity index (χ4v) is 2.12. The van der Waals surface area contributed by atoms with Gasteiger partial charge in [0.05, 0.1) is 10.9 Å². The highest BCUT2D eigenvalue weighted by Gasteiger charge is 2.08. The van der Waals surface area contributed by atoms with E-state index in [-0.39, 0.29) is 0 Å². The molecule has 0 radical (unpaired) electrons. The number of nitrogens with zero attached hydrogens (tertiary/aromatic N) is 2. The third kappa shape index (κ3) is 2.58. The van der Waals surface area contributed by atoms with Crippen LogP contribution in [0.4, 0.5) is 5.95 Å². The monoisotopic (exact) mass is 329 g/mol. The van der Waals surface area contributed by atoms with Gasteiger partial charge in [0.1, 0.15) is 5.75 Å². The second-order valence-corrected chi connectivity index (χ2v) is 5.09. The molecule has 0 aliphatic rings. The van der Waals surface area contributed by atoms with Crippen molar-refractivity contribution in [2.24, 2.45) is 0 Å². The second-order valence-electron chi connectivity index (χ2n) is 4.18. The third-order valence-corrected chi connectivity index (χ3v) is 3.35. The van der Waals surface area contributed by atoms with E-state index in [0.717, 1.165) is 21.1 Å². The van der Waals surface area contributed by atoms with Crippen LogP contribution >= 0.6 is 15.9 Å². The highest BCUT2D eigenvalue weighted by atomic mass is 79.9. The van der Waals surface area contributed by atoms with Crippen LogP contribution < -0.4 is 10.1 Å². The molecule has 100 valence electrons. The van der Waals surface area contributed by atoms with E-state index in [0.29, 0.717) is 11.8 Å². The molecule has 1 N–H and O–H groups in total. The van der Waals surface area contributed by atoms with Crippen molar-refractivity contribution in [3.8, 4) is 11.6 Å². The van der Waals surface area contributed by atoms with Crippen molar-refractivity contribution < 1.29 is 4.74 Å². The fraction of sp³-hybridized carbons (Fsp3) is 0.0667. The van der Waals surface area contributed by atoms with Gasteiger partial charge >= 0.3 is 0 Å². The summed E-state index contributed by atoms with van der Waals surface area (Å²) in [6.07, 6.45) is 0. The number of rotatable bonds is 3. The van der Waals surface area contributed by atoms with Gasteiger partial charge in [0.25, 0.3) is 0 Å². The van der Waals surface area contributed by atoms with Gasteiger partial charge in [-0.1, -0.05) is 28.1 Å². The van der Waals surface area contributed by atoms with Crippen LogP contribution in [0.3, 0.4) is 0 Å². The van der Waals surface area contributed by atoms with Crippen LogP contribution in [0.25, 0.3) is 10.9 Å². The largest absolute Gasteiger partial charge is 0.438 e. The van der Waals surface area contributed by atoms with Gasteiger partial charge in [-0.15, -0.1) is 0 Å². The Morgan fingerprint density at radius 1 is 1.00 bits per heavy atom. The normalized spacial score (nSPS) is 10.5. The van der Waals surface area contributed by atoms with Crippen molar-refractivity contribution in [2.45, 2.75) is 0 Å². The zero-order valence-corrected chi connectivity index (χ0v) is 12.4. The smallest absolute Gasteiger partial charge is 0.231 e. The molecule has 0 saturated heterocycles. The molecule has 3 aromatic rings. The summed E-state index contributed by atoms with van der Waals surface area (Å²) in [4.78, 5) is 8.78. The molecular weight excluding hydrogens is 318 g/mol. The molecule has 1 heterocycles. The van der Waals surface area contributed by atoms with Crippen LogP contribution in [0.2, 0.25) is 0 Å². The summed E-state index contributed by atoms with van der Waals surface area (Å²) in [5.41, 5.74) is 0.846. The predicted molar refractivity (Wildman–Crippen MR) is 83.3 cm³/mol. The van der Waals surface area contributed by atoms with Crippen molar-refractivity contribution in [3.63, 3.8) is 0 Å². The zero-order valence-electron chi connectivity index (χ0n) is 10.8. The first-order valence-electron chi connectivity index (χ1n) is 6.14. The Labute approximate surface area is 125 Å². The van der Waals surface area contributed by atoms with Crippen LogP contribution in [0, 0.1) is 0 Å². The average molecular weight is 330 g/mol. The molecule has 5 heteroatoms. The van der Waals surface area contributed by atoms with Crippen molar-refractivity contribution >= 4 is 32.8 Å². The van der Waals surface area contributed by atoms with Crippen molar-refractivity contribution in [1.82, 2.24) is 9.97 Å². The van der Waals surface area contributed by atoms with Gasteiger partial charge in [-0.3, -0.25) is 0 Å². The molecule has 0 amide bonds. The topological polar surface area (TPSA) is 47.0 Å². The molecule has 20 heavy (non-hydrogen) atoms. The molecular formula is C15H12BrN3O. The fourth-order valence-electron chi connectivity index (χ4n) is 1.85. The third-order valence-electron chi connectivity index (χ3n) is 2.82. The highest BCUT2D eigenvalue weighted by Crippen LogP contribution is 2.28. The van der Waals surface area contributed by atoms with Gasteiger partial charge in [-0.2, -0.15) is 4.98 Å². The molecule has 0 bridgehead atoms. The van der Waals surface area contributed by atoms with E-state index < -0.39 is 0 Å². The van der Waals surface area contributed by atoms with Gasteiger partial charge in [0, 0.05) is 11.5 Å². The number of fused-ring (bicyclic) bond motifs is 1. The highest BCUT2D eigenvalue weighted by molar-refractivity contribution is 9.10. The Balaban J connectivity index is 2.07. The lowest BCUT2D eigenvalue weighted by molar-refractivity contribution is 0.469. The SMILES string of the molecule is CNc1nc(Oc2ccc(Br)cc2)c2ccccc2n1. The van der Waals surface area contributed by atoms with Gasteiger partial charge in [-0.25, -0.2) is 4.98 Å². The Morgan fingerprint density at radius 3 is 2.50 bits per heavy atom. The first-order valence-corrected chi connectivity index (χ1v) is 6.93. The quantitative estimate of drug-likeness (QED) is 0.781. The Hall–Kier alpha value is -2.14. The minimum Gasteiger partial charge on any atom is -0.438 e. The number of hydrogen-bond acceptors (Lipinski definition) is 4. The van der Waals surface area contributed by atoms with E-state index in [2.05, 4.69) is 31.2 Å². The van der Waals surface area contributed by atoms with Crippen LogP contribution in [0.15, 0.2) is 53.0 Å². The molecule has 4 nitrogen and oxygen atoms in total. The molecule has 0 atom stereocenters. The molecule has 0 spiro atoms. The summed E-state index contributed by atoms with van der Waals surface area (Å²) >= 11 is 3.40. The van der Waals surface area contributed by atoms with Crippen LogP contribution in [0.1, 0.15) is 0 Å². The lowest BCUT2D eigenvalue weighted by atomic mass is 10.2. The van der Waals surface area contributed by atoms with Crippen LogP contribution in [0.5, 0.6) is 11.6 Å². The predicted octanol–water partition coefficient (Wildman–Crippen LogP) is 4.23. The summed E-state index contributed by atoms with van der Waals surface area (Å²) in [6, 6.07) is 15.4. The van der Waals surface area contributed by atoms with Gasteiger partial charge in [-0.05, 0) is 36.4 Å². The summed E-state index contributed by atoms with van der Waals surface area (Å²) in [7, 11) is 1.79. The van der Waals surface area contributed by atoms with E-state index >= 15 is 0 Å². The van der Waals surface area contributed by atoms with Gasteiger partial charge in [0.2, 0.25) is 11.8 Å². The maximum absolute atomic E-state index is 5.88. The molecule has 0 unspecified atom stereocenters. The van der Waals surface area contributed by atoms with E-state index in [1.54, 1.807) is 7.05 Å². The molecule has 2 aromatic carbocycles. The molecule has 1 aromatic heterocycles. The minimum atomic E-state index is 0.538. The maximum atomic E-state index is 5.88. The number of benzene rings is 2. The molecule has 0 fully saturated rings. The first kappa shape index (κ1) is 12.9. The van der Waals surface area contributed by atoms with Gasteiger partial charge in [0.15, 0.2) is 0 Å². The number of halogens is 1. The number of aromatic nitrogens is 2. The summed E-state index contributed by atoms with van der Waals surface area (Å²) in [5.74, 6) is 1.82. The van der Waals surface area contributed by atoms with Crippen molar-refractivity contribution in [2.75, 3.05) is 12.4 Å². The van der Waals surface area contributed by atoms with E-state index in [1.165, 1.54) is 0 Å². The number of ether oxygens (including phenoxy) is 1. The van der Waals surface area contributed by atoms with Crippen molar-refractivity contribution in [1.29, 1.82) is 0 Å². The average Bonchev–Trinajstić information content (AvgIpc) is 2.49. The second kappa shape index (κ2) is 5.46. The molecule has 0 aliphatic heterocycles. The number of hydrogen-bond donors (Lipinski definition) is 1. The minimum absolute atomic E-state index is 0.538. The molecule has 0 aliphatic carbocycles. The summed E-state index contributed by atoms with van der Waals surface area (Å²) < 4.78 is 6.88. The standard InChI is InChI=1S/C15H12BrN3O/c1-17-15-18-13-5-3-2-4-12(13)14(19-15)20-11-8-6-10(16)7-9-11/h2-9H,1H3,(H,17,18,19). The van der Waals surface area contributed by atoms with Gasteiger partial charge < -0.3 is 10.1 Å². The Bertz CT molecular complexity index is 744. The van der Waals surface area contributed by atoms with Crippen molar-refractivity contribution in [3.05, 3.63) is 53.0 Å². The zero-order chi connectivity index (χ0) is 13.9. The first-order chi connectivity index (χ1) is 9.76. The molecule has 3 rings (SSSR count).